The normalized spacial score (nSPS) is 11.7. The SMILES string of the molecule is CCOC(=O)C(C)Nc1nc(CC(=O)OC)cs1. The number of hydrogen-bond donors (Lipinski definition) is 1. The minimum absolute atomic E-state index is 0.127. The fraction of sp³-hybridized carbons (Fsp3) is 0.545. The molecule has 100 valence electrons. The highest BCUT2D eigenvalue weighted by Gasteiger charge is 2.15. The van der Waals surface area contributed by atoms with Crippen molar-refractivity contribution in [2.75, 3.05) is 19.0 Å². The van der Waals surface area contributed by atoms with Crippen LogP contribution in [0.3, 0.4) is 0 Å². The van der Waals surface area contributed by atoms with Crippen LogP contribution < -0.4 is 5.32 Å². The highest BCUT2D eigenvalue weighted by atomic mass is 32.1. The molecule has 0 spiro atoms. The molecule has 0 amide bonds. The van der Waals surface area contributed by atoms with Crippen molar-refractivity contribution in [3.63, 3.8) is 0 Å². The molecule has 1 rings (SSSR count). The fourth-order valence-corrected chi connectivity index (χ4v) is 1.98. The van der Waals surface area contributed by atoms with Gasteiger partial charge in [-0.25, -0.2) is 9.78 Å². The van der Waals surface area contributed by atoms with Gasteiger partial charge in [-0.3, -0.25) is 4.79 Å². The number of carbonyl (C=O) groups excluding carboxylic acids is 2. The van der Waals surface area contributed by atoms with Crippen molar-refractivity contribution in [3.05, 3.63) is 11.1 Å². The molecule has 0 bridgehead atoms. The van der Waals surface area contributed by atoms with E-state index in [2.05, 4.69) is 15.0 Å². The summed E-state index contributed by atoms with van der Waals surface area (Å²) in [5.41, 5.74) is 0.616. The van der Waals surface area contributed by atoms with Gasteiger partial charge in [-0.05, 0) is 13.8 Å². The number of hydrogen-bond acceptors (Lipinski definition) is 7. The van der Waals surface area contributed by atoms with Gasteiger partial charge in [-0.1, -0.05) is 0 Å². The molecule has 1 heterocycles. The van der Waals surface area contributed by atoms with Crippen molar-refractivity contribution in [2.24, 2.45) is 0 Å². The van der Waals surface area contributed by atoms with Crippen molar-refractivity contribution < 1.29 is 19.1 Å². The molecule has 6 nitrogen and oxygen atoms in total. The molecule has 0 saturated heterocycles. The van der Waals surface area contributed by atoms with Crippen molar-refractivity contribution >= 4 is 28.4 Å². The molecular formula is C11H16N2O4S. The van der Waals surface area contributed by atoms with Crippen LogP contribution in [0.15, 0.2) is 5.38 Å². The summed E-state index contributed by atoms with van der Waals surface area (Å²) in [6.07, 6.45) is 0.127. The van der Waals surface area contributed by atoms with E-state index in [0.717, 1.165) is 0 Å². The van der Waals surface area contributed by atoms with Crippen LogP contribution in [0.25, 0.3) is 0 Å². The van der Waals surface area contributed by atoms with Crippen LogP contribution in [0.5, 0.6) is 0 Å². The highest BCUT2D eigenvalue weighted by Crippen LogP contribution is 2.17. The van der Waals surface area contributed by atoms with E-state index in [1.165, 1.54) is 18.4 Å². The summed E-state index contributed by atoms with van der Waals surface area (Å²) in [4.78, 5) is 26.6. The monoisotopic (exact) mass is 272 g/mol. The molecule has 7 heteroatoms. The average Bonchev–Trinajstić information content (AvgIpc) is 2.76. The summed E-state index contributed by atoms with van der Waals surface area (Å²) in [6, 6.07) is -0.470. The van der Waals surface area contributed by atoms with Crippen LogP contribution in [0, 0.1) is 0 Å². The summed E-state index contributed by atoms with van der Waals surface area (Å²) in [5.74, 6) is -0.674. The number of anilines is 1. The summed E-state index contributed by atoms with van der Waals surface area (Å²) in [5, 5.41) is 5.24. The molecule has 0 aliphatic heterocycles. The number of esters is 2. The molecule has 0 aromatic carbocycles. The molecule has 1 atom stereocenters. The maximum Gasteiger partial charge on any atom is 0.328 e. The van der Waals surface area contributed by atoms with Crippen molar-refractivity contribution in [1.29, 1.82) is 0 Å². The van der Waals surface area contributed by atoms with Crippen LogP contribution in [0.2, 0.25) is 0 Å². The predicted octanol–water partition coefficient (Wildman–Crippen LogP) is 1.22. The second-order valence-corrected chi connectivity index (χ2v) is 4.37. The number of nitrogens with zero attached hydrogens (tertiary/aromatic N) is 1. The number of ether oxygens (including phenoxy) is 2. The number of thiazole rings is 1. The van der Waals surface area contributed by atoms with Gasteiger partial charge in [0.05, 0.1) is 25.8 Å². The van der Waals surface area contributed by atoms with Gasteiger partial charge in [-0.15, -0.1) is 11.3 Å². The number of aromatic nitrogens is 1. The van der Waals surface area contributed by atoms with E-state index in [0.29, 0.717) is 17.4 Å². The van der Waals surface area contributed by atoms with Crippen molar-refractivity contribution in [3.8, 4) is 0 Å². The Morgan fingerprint density at radius 2 is 2.28 bits per heavy atom. The Morgan fingerprint density at radius 3 is 2.89 bits per heavy atom. The van der Waals surface area contributed by atoms with E-state index in [1.807, 2.05) is 0 Å². The summed E-state index contributed by atoms with van der Waals surface area (Å²) < 4.78 is 9.41. The third-order valence-electron chi connectivity index (χ3n) is 2.09. The lowest BCUT2D eigenvalue weighted by atomic mass is 10.3. The lowest BCUT2D eigenvalue weighted by molar-refractivity contribution is -0.143. The van der Waals surface area contributed by atoms with Crippen molar-refractivity contribution in [2.45, 2.75) is 26.3 Å². The topological polar surface area (TPSA) is 77.5 Å². The molecule has 18 heavy (non-hydrogen) atoms. The summed E-state index contributed by atoms with van der Waals surface area (Å²) in [6.45, 7) is 3.79. The standard InChI is InChI=1S/C11H16N2O4S/c1-4-17-10(15)7(2)12-11-13-8(6-18-11)5-9(14)16-3/h6-7H,4-5H2,1-3H3,(H,12,13). The van der Waals surface area contributed by atoms with Gasteiger partial charge in [0.25, 0.3) is 0 Å². The molecule has 0 radical (unpaired) electrons. The molecule has 1 unspecified atom stereocenters. The second kappa shape index (κ2) is 6.95. The molecule has 1 aromatic rings. The van der Waals surface area contributed by atoms with E-state index in [1.54, 1.807) is 19.2 Å². The van der Waals surface area contributed by atoms with Gasteiger partial charge in [-0.2, -0.15) is 0 Å². The Morgan fingerprint density at radius 1 is 1.56 bits per heavy atom. The summed E-state index contributed by atoms with van der Waals surface area (Å²) >= 11 is 1.33. The quantitative estimate of drug-likeness (QED) is 0.785. The second-order valence-electron chi connectivity index (χ2n) is 3.51. The average molecular weight is 272 g/mol. The molecular weight excluding hydrogens is 256 g/mol. The lowest BCUT2D eigenvalue weighted by Gasteiger charge is -2.10. The Kier molecular flexibility index (Phi) is 5.57. The number of methoxy groups -OCH3 is 1. The third-order valence-corrected chi connectivity index (χ3v) is 2.91. The van der Waals surface area contributed by atoms with E-state index in [4.69, 9.17) is 4.74 Å². The van der Waals surface area contributed by atoms with Crippen LogP contribution in [-0.2, 0) is 25.5 Å². The van der Waals surface area contributed by atoms with Gasteiger partial charge in [0.1, 0.15) is 6.04 Å². The van der Waals surface area contributed by atoms with Gasteiger partial charge >= 0.3 is 11.9 Å². The Labute approximate surface area is 109 Å². The zero-order chi connectivity index (χ0) is 13.5. The van der Waals surface area contributed by atoms with Crippen LogP contribution >= 0.6 is 11.3 Å². The third kappa shape index (κ3) is 4.33. The Balaban J connectivity index is 2.53. The van der Waals surface area contributed by atoms with E-state index >= 15 is 0 Å². The van der Waals surface area contributed by atoms with Crippen LogP contribution in [-0.4, -0.2) is 36.7 Å². The minimum Gasteiger partial charge on any atom is -0.469 e. The predicted molar refractivity (Wildman–Crippen MR) is 67.6 cm³/mol. The largest absolute Gasteiger partial charge is 0.469 e. The molecule has 0 saturated carbocycles. The van der Waals surface area contributed by atoms with Crippen LogP contribution in [0.1, 0.15) is 19.5 Å². The van der Waals surface area contributed by atoms with E-state index < -0.39 is 6.04 Å². The first-order valence-electron chi connectivity index (χ1n) is 5.51. The minimum atomic E-state index is -0.470. The molecule has 0 fully saturated rings. The maximum atomic E-state index is 11.4. The van der Waals surface area contributed by atoms with Gasteiger partial charge in [0, 0.05) is 5.38 Å². The zero-order valence-corrected chi connectivity index (χ0v) is 11.4. The van der Waals surface area contributed by atoms with Gasteiger partial charge < -0.3 is 14.8 Å². The van der Waals surface area contributed by atoms with E-state index in [9.17, 15) is 9.59 Å². The fourth-order valence-electron chi connectivity index (χ4n) is 1.19. The number of nitrogens with one attached hydrogen (secondary N) is 1. The molecule has 0 aliphatic carbocycles. The van der Waals surface area contributed by atoms with Gasteiger partial charge in [0.15, 0.2) is 5.13 Å². The molecule has 0 aliphatic rings. The Bertz CT molecular complexity index is 419. The smallest absolute Gasteiger partial charge is 0.328 e. The highest BCUT2D eigenvalue weighted by molar-refractivity contribution is 7.13. The first-order valence-corrected chi connectivity index (χ1v) is 6.39. The number of carbonyl (C=O) groups is 2. The first kappa shape index (κ1) is 14.4. The zero-order valence-electron chi connectivity index (χ0n) is 10.6. The van der Waals surface area contributed by atoms with Crippen molar-refractivity contribution in [1.82, 2.24) is 4.98 Å². The number of rotatable bonds is 6. The van der Waals surface area contributed by atoms with Gasteiger partial charge in [0.2, 0.25) is 0 Å². The molecule has 1 N–H and O–H groups in total. The maximum absolute atomic E-state index is 11.4. The lowest BCUT2D eigenvalue weighted by Crippen LogP contribution is -2.28. The summed E-state index contributed by atoms with van der Waals surface area (Å²) in [7, 11) is 1.33. The molecule has 1 aromatic heterocycles. The van der Waals surface area contributed by atoms with Crippen LogP contribution in [0.4, 0.5) is 5.13 Å². The first-order chi connectivity index (χ1) is 8.56. The van der Waals surface area contributed by atoms with E-state index in [-0.39, 0.29) is 18.4 Å². The Hall–Kier alpha value is -1.63.